The van der Waals surface area contributed by atoms with E-state index in [0.717, 1.165) is 62.9 Å². The molecule has 188 valence electrons. The van der Waals surface area contributed by atoms with Crippen LogP contribution in [0.4, 0.5) is 20.3 Å². The van der Waals surface area contributed by atoms with Gasteiger partial charge < -0.3 is 15.5 Å². The molecule has 1 atom stereocenters. The Morgan fingerprint density at radius 1 is 1.11 bits per heavy atom. The number of aliphatic imine (C=N–C) groups is 2. The molecular weight excluding hydrogens is 458 g/mol. The van der Waals surface area contributed by atoms with Crippen LogP contribution in [0.1, 0.15) is 68.1 Å². The number of fused-ring (bicyclic) bond motifs is 2. The number of halogens is 2. The molecule has 1 spiro atoms. The molecule has 0 amide bonds. The molecule has 1 saturated heterocycles. The lowest BCUT2D eigenvalue weighted by Gasteiger charge is -2.29. The fraction of sp³-hybridized carbons (Fsp3) is 0.464. The summed E-state index contributed by atoms with van der Waals surface area (Å²) in [6, 6.07) is 7.33. The van der Waals surface area contributed by atoms with Gasteiger partial charge in [-0.2, -0.15) is 0 Å². The summed E-state index contributed by atoms with van der Waals surface area (Å²) >= 11 is 0. The summed E-state index contributed by atoms with van der Waals surface area (Å²) in [5.74, 6) is 0.250. The molecule has 36 heavy (non-hydrogen) atoms. The van der Waals surface area contributed by atoms with Crippen LogP contribution in [-0.4, -0.2) is 48.2 Å². The first kappa shape index (κ1) is 23.3. The van der Waals surface area contributed by atoms with Crippen LogP contribution in [-0.2, 0) is 5.41 Å². The van der Waals surface area contributed by atoms with Gasteiger partial charge in [0.05, 0.1) is 11.9 Å². The summed E-state index contributed by atoms with van der Waals surface area (Å²) < 4.78 is 30.1. The molecule has 2 aromatic rings. The highest BCUT2D eigenvalue weighted by Crippen LogP contribution is 2.51. The summed E-state index contributed by atoms with van der Waals surface area (Å²) in [4.78, 5) is 15.7. The van der Waals surface area contributed by atoms with Gasteiger partial charge in [0, 0.05) is 22.9 Å². The van der Waals surface area contributed by atoms with Gasteiger partial charge >= 0.3 is 0 Å². The number of rotatable bonds is 4. The largest absolute Gasteiger partial charge is 0.344 e. The third-order valence-electron chi connectivity index (χ3n) is 8.41. The second-order valence-electron chi connectivity index (χ2n) is 10.6. The molecule has 8 heteroatoms. The van der Waals surface area contributed by atoms with Gasteiger partial charge in [-0.3, -0.25) is 4.99 Å². The molecule has 1 aliphatic carbocycles. The molecule has 4 aliphatic rings. The van der Waals surface area contributed by atoms with Crippen molar-refractivity contribution in [2.45, 2.75) is 63.1 Å². The first-order chi connectivity index (χ1) is 17.4. The molecule has 1 unspecified atom stereocenters. The highest BCUT2D eigenvalue weighted by atomic mass is 19.1. The lowest BCUT2D eigenvalue weighted by molar-refractivity contribution is 0.255. The Morgan fingerprint density at radius 2 is 1.89 bits per heavy atom. The minimum absolute atomic E-state index is 0.219. The molecule has 4 heterocycles. The van der Waals surface area contributed by atoms with Crippen molar-refractivity contribution in [3.8, 4) is 0 Å². The van der Waals surface area contributed by atoms with Crippen molar-refractivity contribution >= 4 is 29.1 Å². The quantitative estimate of drug-likeness (QED) is 0.581. The maximum absolute atomic E-state index is 15.2. The maximum Gasteiger partial charge on any atom is 0.195 e. The number of anilines is 1. The van der Waals surface area contributed by atoms with E-state index in [1.165, 1.54) is 17.8 Å². The Morgan fingerprint density at radius 3 is 2.61 bits per heavy atom. The van der Waals surface area contributed by atoms with E-state index in [-0.39, 0.29) is 11.1 Å². The fourth-order valence-corrected chi connectivity index (χ4v) is 6.26. The Balaban J connectivity index is 1.20. The minimum atomic E-state index is -0.615. The maximum atomic E-state index is 15.2. The summed E-state index contributed by atoms with van der Waals surface area (Å²) in [6.07, 6.45) is 8.86. The third-order valence-corrected chi connectivity index (χ3v) is 8.41. The fourth-order valence-electron chi connectivity index (χ4n) is 6.26. The van der Waals surface area contributed by atoms with Crippen LogP contribution in [0, 0.1) is 5.82 Å². The molecule has 3 aliphatic heterocycles. The summed E-state index contributed by atoms with van der Waals surface area (Å²) in [6.45, 7) is 4.19. The Kier molecular flexibility index (Phi) is 5.86. The standard InChI is InChI=1S/C28H32F2N6/c1-17-28(9-3-4-10-28)21-13-20(14-22(29)26(21)33-17)25-23(30)16-32-27(35-25)34-24-6-5-19(15-31-24)18-7-11-36(2)12-8-18/h5-6,13-16,18,27,35H,3-4,7-12H2,1-2H3,(H,31,34). The van der Waals surface area contributed by atoms with E-state index in [1.807, 2.05) is 25.3 Å². The highest BCUT2D eigenvalue weighted by molar-refractivity contribution is 6.01. The average molecular weight is 491 g/mol. The number of piperidine rings is 1. The van der Waals surface area contributed by atoms with E-state index in [2.05, 4.69) is 43.6 Å². The zero-order valence-corrected chi connectivity index (χ0v) is 20.8. The number of likely N-dealkylation sites (tertiary alicyclic amines) is 1. The third kappa shape index (κ3) is 4.01. The number of pyridine rings is 1. The first-order valence-electron chi connectivity index (χ1n) is 12.9. The van der Waals surface area contributed by atoms with Crippen molar-refractivity contribution < 1.29 is 8.78 Å². The summed E-state index contributed by atoms with van der Waals surface area (Å²) in [5, 5.41) is 6.32. The van der Waals surface area contributed by atoms with Crippen molar-refractivity contribution in [1.82, 2.24) is 15.2 Å². The number of nitrogens with zero attached hydrogens (tertiary/aromatic N) is 4. The minimum Gasteiger partial charge on any atom is -0.344 e. The van der Waals surface area contributed by atoms with Gasteiger partial charge in [-0.25, -0.2) is 18.8 Å². The monoisotopic (exact) mass is 490 g/mol. The number of hydrogen-bond donors (Lipinski definition) is 2. The van der Waals surface area contributed by atoms with Gasteiger partial charge in [-0.1, -0.05) is 18.9 Å². The summed E-state index contributed by atoms with van der Waals surface area (Å²) in [5.41, 5.74) is 3.98. The molecule has 6 rings (SSSR count). The zero-order valence-electron chi connectivity index (χ0n) is 20.8. The number of hydrogen-bond acceptors (Lipinski definition) is 6. The molecule has 2 fully saturated rings. The molecule has 1 aromatic heterocycles. The van der Waals surface area contributed by atoms with Gasteiger partial charge in [0.15, 0.2) is 12.1 Å². The van der Waals surface area contributed by atoms with Crippen molar-refractivity contribution in [1.29, 1.82) is 0 Å². The molecule has 1 aromatic carbocycles. The lowest BCUT2D eigenvalue weighted by Crippen LogP contribution is -2.36. The topological polar surface area (TPSA) is 64.9 Å². The lowest BCUT2D eigenvalue weighted by atomic mass is 9.76. The number of nitrogens with one attached hydrogen (secondary N) is 2. The van der Waals surface area contributed by atoms with E-state index in [0.29, 0.717) is 23.0 Å². The van der Waals surface area contributed by atoms with E-state index < -0.39 is 17.9 Å². The average Bonchev–Trinajstić information content (AvgIpc) is 3.48. The SMILES string of the molecule is CC1=Nc2c(F)cc(C3=C(F)C=NC(Nc4ccc(C5CCN(C)CC5)cn4)N3)cc2C12CCCC2. The van der Waals surface area contributed by atoms with Gasteiger partial charge in [-0.15, -0.1) is 0 Å². The van der Waals surface area contributed by atoms with Crippen LogP contribution < -0.4 is 10.6 Å². The van der Waals surface area contributed by atoms with E-state index >= 15 is 4.39 Å². The molecule has 2 N–H and O–H groups in total. The molecule has 0 radical (unpaired) electrons. The summed E-state index contributed by atoms with van der Waals surface area (Å²) in [7, 11) is 2.16. The normalized spacial score (nSPS) is 23.7. The molecule has 6 nitrogen and oxygen atoms in total. The zero-order chi connectivity index (χ0) is 24.9. The van der Waals surface area contributed by atoms with Crippen LogP contribution in [0.15, 0.2) is 46.3 Å². The van der Waals surface area contributed by atoms with Crippen LogP contribution in [0.2, 0.25) is 0 Å². The van der Waals surface area contributed by atoms with Crippen molar-refractivity contribution in [2.24, 2.45) is 9.98 Å². The smallest absolute Gasteiger partial charge is 0.195 e. The predicted molar refractivity (Wildman–Crippen MR) is 140 cm³/mol. The molecular formula is C28H32F2N6. The Labute approximate surface area is 210 Å². The van der Waals surface area contributed by atoms with Crippen LogP contribution in [0.5, 0.6) is 0 Å². The van der Waals surface area contributed by atoms with Crippen molar-refractivity contribution in [3.63, 3.8) is 0 Å². The van der Waals surface area contributed by atoms with Crippen LogP contribution in [0.3, 0.4) is 0 Å². The first-order valence-corrected chi connectivity index (χ1v) is 12.9. The molecule has 0 bridgehead atoms. The number of benzene rings is 1. The second kappa shape index (κ2) is 9.07. The van der Waals surface area contributed by atoms with Gasteiger partial charge in [-0.05, 0) is 88.0 Å². The highest BCUT2D eigenvalue weighted by Gasteiger charge is 2.44. The second-order valence-corrected chi connectivity index (χ2v) is 10.6. The van der Waals surface area contributed by atoms with Gasteiger partial charge in [0.2, 0.25) is 0 Å². The van der Waals surface area contributed by atoms with E-state index in [1.54, 1.807) is 0 Å². The number of aromatic nitrogens is 1. The van der Waals surface area contributed by atoms with Gasteiger partial charge in [0.1, 0.15) is 17.3 Å². The molecule has 1 saturated carbocycles. The Bertz CT molecular complexity index is 1250. The van der Waals surface area contributed by atoms with E-state index in [4.69, 9.17) is 0 Å². The Hall–Kier alpha value is -3.13. The van der Waals surface area contributed by atoms with E-state index in [9.17, 15) is 4.39 Å². The van der Waals surface area contributed by atoms with Crippen LogP contribution >= 0.6 is 0 Å². The van der Waals surface area contributed by atoms with Gasteiger partial charge in [0.25, 0.3) is 0 Å². The number of allylic oxidation sites excluding steroid dienone is 1. The van der Waals surface area contributed by atoms with Crippen molar-refractivity contribution in [3.05, 3.63) is 58.8 Å². The van der Waals surface area contributed by atoms with Crippen molar-refractivity contribution in [2.75, 3.05) is 25.5 Å². The van der Waals surface area contributed by atoms with Crippen LogP contribution in [0.25, 0.3) is 5.70 Å². The predicted octanol–water partition coefficient (Wildman–Crippen LogP) is 5.66.